The molecule has 1 aliphatic carbocycles. The van der Waals surface area contributed by atoms with Gasteiger partial charge in [0.2, 0.25) is 0 Å². The van der Waals surface area contributed by atoms with Crippen LogP contribution in [0.25, 0.3) is 0 Å². The van der Waals surface area contributed by atoms with Crippen LogP contribution in [0.2, 0.25) is 0 Å². The van der Waals surface area contributed by atoms with Crippen molar-refractivity contribution in [3.63, 3.8) is 0 Å². The van der Waals surface area contributed by atoms with E-state index in [0.29, 0.717) is 18.6 Å². The van der Waals surface area contributed by atoms with Crippen molar-refractivity contribution < 1.29 is 22.7 Å². The summed E-state index contributed by atoms with van der Waals surface area (Å²) in [6.07, 6.45) is -3.77. The molecule has 1 fully saturated rings. The molecule has 2 nitrogen and oxygen atoms in total. The van der Waals surface area contributed by atoms with Crippen LogP contribution in [0.15, 0.2) is 24.3 Å². The molecule has 0 amide bonds. The molecule has 1 aromatic carbocycles. The van der Waals surface area contributed by atoms with Crippen LogP contribution in [0.1, 0.15) is 30.4 Å². The highest BCUT2D eigenvalue weighted by Gasteiger charge is 2.45. The maximum Gasteiger partial charge on any atom is 0.416 e. The van der Waals surface area contributed by atoms with Crippen LogP contribution in [0.4, 0.5) is 13.2 Å². The lowest BCUT2D eigenvalue weighted by molar-refractivity contribution is -0.144. The monoisotopic (exact) mass is 258 g/mol. The maximum atomic E-state index is 12.5. The molecule has 98 valence electrons. The van der Waals surface area contributed by atoms with Gasteiger partial charge in [0, 0.05) is 0 Å². The van der Waals surface area contributed by atoms with Crippen molar-refractivity contribution in [2.75, 3.05) is 6.61 Å². The predicted molar refractivity (Wildman–Crippen MR) is 58.9 cm³/mol. The van der Waals surface area contributed by atoms with Crippen molar-refractivity contribution in [2.45, 2.75) is 25.4 Å². The van der Waals surface area contributed by atoms with Crippen molar-refractivity contribution in [3.05, 3.63) is 35.4 Å². The lowest BCUT2D eigenvalue weighted by Crippen LogP contribution is -2.08. The Morgan fingerprint density at radius 2 is 2.17 bits per heavy atom. The molecule has 0 bridgehead atoms. The topological polar surface area (TPSA) is 26.3 Å². The van der Waals surface area contributed by atoms with Gasteiger partial charge in [-0.2, -0.15) is 13.2 Å². The Bertz CT molecular complexity index is 454. The quantitative estimate of drug-likeness (QED) is 0.777. The number of alkyl halides is 3. The van der Waals surface area contributed by atoms with Crippen molar-refractivity contribution in [1.82, 2.24) is 0 Å². The molecule has 1 saturated carbocycles. The van der Waals surface area contributed by atoms with E-state index in [2.05, 4.69) is 0 Å². The Morgan fingerprint density at radius 1 is 1.44 bits per heavy atom. The van der Waals surface area contributed by atoms with Gasteiger partial charge < -0.3 is 4.74 Å². The highest BCUT2D eigenvalue weighted by molar-refractivity contribution is 5.77. The second-order valence-corrected chi connectivity index (χ2v) is 4.32. The van der Waals surface area contributed by atoms with Gasteiger partial charge >= 0.3 is 12.1 Å². The lowest BCUT2D eigenvalue weighted by Gasteiger charge is -2.08. The Kier molecular flexibility index (Phi) is 3.32. The molecule has 0 spiro atoms. The molecule has 0 radical (unpaired) electrons. The molecule has 0 unspecified atom stereocenters. The number of carbonyl (C=O) groups excluding carboxylic acids is 1. The Morgan fingerprint density at radius 3 is 2.78 bits per heavy atom. The van der Waals surface area contributed by atoms with Gasteiger partial charge in [0.15, 0.2) is 0 Å². The van der Waals surface area contributed by atoms with E-state index in [1.54, 1.807) is 13.0 Å². The first-order valence-corrected chi connectivity index (χ1v) is 5.77. The number of carbonyl (C=O) groups is 1. The summed E-state index contributed by atoms with van der Waals surface area (Å²) in [6.45, 7) is 2.00. The van der Waals surface area contributed by atoms with Crippen LogP contribution < -0.4 is 0 Å². The molecule has 0 aromatic heterocycles. The molecule has 0 aliphatic heterocycles. The number of rotatable bonds is 3. The number of benzene rings is 1. The summed E-state index contributed by atoms with van der Waals surface area (Å²) >= 11 is 0. The summed E-state index contributed by atoms with van der Waals surface area (Å²) < 4.78 is 42.5. The van der Waals surface area contributed by atoms with Crippen molar-refractivity contribution >= 4 is 5.97 Å². The van der Waals surface area contributed by atoms with Gasteiger partial charge in [-0.3, -0.25) is 4.79 Å². The number of esters is 1. The average molecular weight is 258 g/mol. The number of ether oxygens (including phenoxy) is 1. The lowest BCUT2D eigenvalue weighted by atomic mass is 10.1. The highest BCUT2D eigenvalue weighted by atomic mass is 19.4. The molecule has 2 rings (SSSR count). The van der Waals surface area contributed by atoms with E-state index in [0.717, 1.165) is 12.1 Å². The third kappa shape index (κ3) is 2.66. The number of halogens is 3. The predicted octanol–water partition coefficient (Wildman–Crippen LogP) is 3.37. The fraction of sp³-hybridized carbons (Fsp3) is 0.462. The van der Waals surface area contributed by atoms with Crippen LogP contribution in [-0.4, -0.2) is 12.6 Å². The second-order valence-electron chi connectivity index (χ2n) is 4.32. The van der Waals surface area contributed by atoms with Crippen LogP contribution >= 0.6 is 0 Å². The van der Waals surface area contributed by atoms with E-state index in [4.69, 9.17) is 4.74 Å². The third-order valence-electron chi connectivity index (χ3n) is 3.02. The van der Waals surface area contributed by atoms with Crippen LogP contribution in [0.3, 0.4) is 0 Å². The first-order chi connectivity index (χ1) is 8.43. The molecule has 0 heterocycles. The Balaban J connectivity index is 2.10. The van der Waals surface area contributed by atoms with E-state index >= 15 is 0 Å². The van der Waals surface area contributed by atoms with Crippen molar-refractivity contribution in [3.8, 4) is 0 Å². The average Bonchev–Trinajstić information content (AvgIpc) is 3.08. The van der Waals surface area contributed by atoms with E-state index in [9.17, 15) is 18.0 Å². The zero-order valence-corrected chi connectivity index (χ0v) is 9.83. The van der Waals surface area contributed by atoms with Gasteiger partial charge in [0.05, 0.1) is 18.1 Å². The van der Waals surface area contributed by atoms with Crippen LogP contribution in [0.5, 0.6) is 0 Å². The van der Waals surface area contributed by atoms with Crippen LogP contribution in [-0.2, 0) is 15.7 Å². The minimum Gasteiger partial charge on any atom is -0.466 e. The second kappa shape index (κ2) is 4.63. The van der Waals surface area contributed by atoms with Gasteiger partial charge in [0.1, 0.15) is 0 Å². The molecule has 18 heavy (non-hydrogen) atoms. The maximum absolute atomic E-state index is 12.5. The zero-order chi connectivity index (χ0) is 13.3. The first kappa shape index (κ1) is 12.9. The largest absolute Gasteiger partial charge is 0.466 e. The van der Waals surface area contributed by atoms with Gasteiger partial charge in [-0.1, -0.05) is 18.2 Å². The molecular formula is C13H13F3O2. The summed E-state index contributed by atoms with van der Waals surface area (Å²) in [4.78, 5) is 11.4. The normalized spacial score (nSPS) is 22.7. The van der Waals surface area contributed by atoms with Gasteiger partial charge in [-0.25, -0.2) is 0 Å². The summed E-state index contributed by atoms with van der Waals surface area (Å²) in [5, 5.41) is 0. The third-order valence-corrected chi connectivity index (χ3v) is 3.02. The van der Waals surface area contributed by atoms with E-state index in [1.807, 2.05) is 0 Å². The SMILES string of the molecule is CCOC(=O)[C@@H]1C[C@@H]1c1cccc(C(F)(F)F)c1. The van der Waals surface area contributed by atoms with Gasteiger partial charge in [0.25, 0.3) is 0 Å². The van der Waals surface area contributed by atoms with Gasteiger partial charge in [-0.15, -0.1) is 0 Å². The Hall–Kier alpha value is -1.52. The van der Waals surface area contributed by atoms with E-state index in [1.165, 1.54) is 6.07 Å². The summed E-state index contributed by atoms with van der Waals surface area (Å²) in [5.41, 5.74) is -0.114. The number of hydrogen-bond donors (Lipinski definition) is 0. The fourth-order valence-electron chi connectivity index (χ4n) is 2.02. The van der Waals surface area contributed by atoms with Crippen molar-refractivity contribution in [2.24, 2.45) is 5.92 Å². The molecule has 0 saturated heterocycles. The fourth-order valence-corrected chi connectivity index (χ4v) is 2.02. The van der Waals surface area contributed by atoms with Gasteiger partial charge in [-0.05, 0) is 30.9 Å². The smallest absolute Gasteiger partial charge is 0.416 e. The first-order valence-electron chi connectivity index (χ1n) is 5.77. The van der Waals surface area contributed by atoms with E-state index in [-0.39, 0.29) is 17.8 Å². The summed E-state index contributed by atoms with van der Waals surface area (Å²) in [6, 6.07) is 5.15. The minimum absolute atomic E-state index is 0.133. The molecule has 2 atom stereocenters. The zero-order valence-electron chi connectivity index (χ0n) is 9.83. The standard InChI is InChI=1S/C13H13F3O2/c1-2-18-12(17)11-7-10(11)8-4-3-5-9(6-8)13(14,15)16/h3-6,10-11H,2,7H2,1H3/t10-,11-/m1/s1. The molecule has 1 aromatic rings. The molecular weight excluding hydrogens is 245 g/mol. The molecule has 1 aliphatic rings. The number of hydrogen-bond acceptors (Lipinski definition) is 2. The van der Waals surface area contributed by atoms with Crippen LogP contribution in [0, 0.1) is 5.92 Å². The molecule has 5 heteroatoms. The summed E-state index contributed by atoms with van der Waals surface area (Å²) in [5.74, 6) is -0.736. The molecule has 0 N–H and O–H groups in total. The van der Waals surface area contributed by atoms with E-state index < -0.39 is 11.7 Å². The Labute approximate surface area is 103 Å². The summed E-state index contributed by atoms with van der Waals surface area (Å²) in [7, 11) is 0. The minimum atomic E-state index is -4.34. The highest BCUT2D eigenvalue weighted by Crippen LogP contribution is 2.48. The van der Waals surface area contributed by atoms with Crippen molar-refractivity contribution in [1.29, 1.82) is 0 Å².